The van der Waals surface area contributed by atoms with E-state index in [0.717, 1.165) is 36.1 Å². The molecular weight excluding hydrogens is 226 g/mol. The topological polar surface area (TPSA) is 74.9 Å². The monoisotopic (exact) mass is 245 g/mol. The van der Waals surface area contributed by atoms with E-state index < -0.39 is 0 Å². The van der Waals surface area contributed by atoms with Crippen LogP contribution in [0, 0.1) is 0 Å². The van der Waals surface area contributed by atoms with Gasteiger partial charge in [-0.1, -0.05) is 19.3 Å². The van der Waals surface area contributed by atoms with Gasteiger partial charge in [0, 0.05) is 18.0 Å². The number of rotatable bonds is 2. The van der Waals surface area contributed by atoms with Crippen molar-refractivity contribution in [3.63, 3.8) is 0 Å². The minimum atomic E-state index is -0.103. The van der Waals surface area contributed by atoms with Gasteiger partial charge in [0.05, 0.1) is 11.0 Å². The third kappa shape index (κ3) is 2.20. The molecule has 1 aliphatic carbocycles. The fraction of sp³-hybridized carbons (Fsp3) is 0.500. The first kappa shape index (κ1) is 11.5. The number of benzene rings is 1. The second-order valence-corrected chi connectivity index (χ2v) is 5.48. The molecule has 96 valence electrons. The fourth-order valence-corrected chi connectivity index (χ4v) is 2.90. The Kier molecular flexibility index (Phi) is 2.74. The summed E-state index contributed by atoms with van der Waals surface area (Å²) >= 11 is 0. The lowest BCUT2D eigenvalue weighted by molar-refractivity contribution is 0.290. The predicted molar refractivity (Wildman–Crippen MR) is 71.5 cm³/mol. The number of H-pyrrole nitrogens is 1. The van der Waals surface area contributed by atoms with Gasteiger partial charge in [-0.2, -0.15) is 0 Å². The number of aromatic amines is 1. The largest absolute Gasteiger partial charge is 0.508 e. The number of phenolic OH excluding ortho intramolecular Hbond substituents is 1. The van der Waals surface area contributed by atoms with E-state index in [1.165, 1.54) is 19.3 Å². The summed E-state index contributed by atoms with van der Waals surface area (Å²) in [6, 6.07) is 5.19. The molecule has 1 aromatic heterocycles. The third-order valence-corrected chi connectivity index (χ3v) is 3.88. The first-order chi connectivity index (χ1) is 8.65. The van der Waals surface area contributed by atoms with E-state index in [9.17, 15) is 5.11 Å². The van der Waals surface area contributed by atoms with Crippen molar-refractivity contribution < 1.29 is 5.11 Å². The standard InChI is InChI=1S/C14H19N3O/c15-14(6-2-1-3-7-14)9-13-16-11-5-4-10(18)8-12(11)17-13/h4-5,8,18H,1-3,6-7,9,15H2,(H,16,17). The molecule has 4 N–H and O–H groups in total. The van der Waals surface area contributed by atoms with Crippen LogP contribution >= 0.6 is 0 Å². The molecule has 18 heavy (non-hydrogen) atoms. The van der Waals surface area contributed by atoms with Crippen molar-refractivity contribution in [3.05, 3.63) is 24.0 Å². The molecular formula is C14H19N3O. The summed E-state index contributed by atoms with van der Waals surface area (Å²) in [6.45, 7) is 0. The maximum absolute atomic E-state index is 9.44. The van der Waals surface area contributed by atoms with Gasteiger partial charge in [0.1, 0.15) is 11.6 Å². The van der Waals surface area contributed by atoms with E-state index in [4.69, 9.17) is 5.73 Å². The van der Waals surface area contributed by atoms with Crippen LogP contribution in [0.1, 0.15) is 37.9 Å². The van der Waals surface area contributed by atoms with Crippen molar-refractivity contribution in [1.82, 2.24) is 9.97 Å². The maximum Gasteiger partial charge on any atom is 0.117 e. The average Bonchev–Trinajstić information content (AvgIpc) is 2.70. The van der Waals surface area contributed by atoms with Crippen LogP contribution in [0.15, 0.2) is 18.2 Å². The highest BCUT2D eigenvalue weighted by Crippen LogP contribution is 2.29. The molecule has 1 heterocycles. The minimum absolute atomic E-state index is 0.103. The van der Waals surface area contributed by atoms with E-state index in [1.807, 2.05) is 6.07 Å². The van der Waals surface area contributed by atoms with Crippen molar-refractivity contribution in [1.29, 1.82) is 0 Å². The Balaban J connectivity index is 1.86. The Morgan fingerprint density at radius 1 is 1.28 bits per heavy atom. The third-order valence-electron chi connectivity index (χ3n) is 3.88. The summed E-state index contributed by atoms with van der Waals surface area (Å²) in [7, 11) is 0. The van der Waals surface area contributed by atoms with Gasteiger partial charge in [-0.25, -0.2) is 4.98 Å². The number of fused-ring (bicyclic) bond motifs is 1. The van der Waals surface area contributed by atoms with E-state index >= 15 is 0 Å². The van der Waals surface area contributed by atoms with Crippen LogP contribution in [-0.4, -0.2) is 20.6 Å². The zero-order valence-corrected chi connectivity index (χ0v) is 10.4. The number of imidazole rings is 1. The van der Waals surface area contributed by atoms with Crippen LogP contribution in [0.5, 0.6) is 5.75 Å². The molecule has 0 spiro atoms. The van der Waals surface area contributed by atoms with Crippen LogP contribution in [-0.2, 0) is 6.42 Å². The number of aromatic hydroxyl groups is 1. The number of nitrogens with zero attached hydrogens (tertiary/aromatic N) is 1. The molecule has 4 heteroatoms. The van der Waals surface area contributed by atoms with Crippen molar-refractivity contribution in [2.75, 3.05) is 0 Å². The van der Waals surface area contributed by atoms with Gasteiger partial charge >= 0.3 is 0 Å². The molecule has 0 aliphatic heterocycles. The molecule has 1 aliphatic rings. The molecule has 0 atom stereocenters. The minimum Gasteiger partial charge on any atom is -0.508 e. The molecule has 1 saturated carbocycles. The Morgan fingerprint density at radius 3 is 2.83 bits per heavy atom. The van der Waals surface area contributed by atoms with Gasteiger partial charge in [-0.05, 0) is 25.0 Å². The summed E-state index contributed by atoms with van der Waals surface area (Å²) in [5, 5.41) is 9.44. The summed E-state index contributed by atoms with van der Waals surface area (Å²) in [5.41, 5.74) is 8.10. The van der Waals surface area contributed by atoms with Crippen molar-refractivity contribution in [2.45, 2.75) is 44.1 Å². The first-order valence-electron chi connectivity index (χ1n) is 6.61. The number of hydrogen-bond acceptors (Lipinski definition) is 3. The van der Waals surface area contributed by atoms with E-state index in [0.29, 0.717) is 0 Å². The van der Waals surface area contributed by atoms with Crippen LogP contribution in [0.2, 0.25) is 0 Å². The Labute approximate surface area is 106 Å². The molecule has 0 unspecified atom stereocenters. The smallest absolute Gasteiger partial charge is 0.117 e. The Bertz CT molecular complexity index is 555. The second kappa shape index (κ2) is 4.28. The number of nitrogens with two attached hydrogens (primary N) is 1. The molecule has 3 rings (SSSR count). The van der Waals surface area contributed by atoms with Gasteiger partial charge in [-0.3, -0.25) is 0 Å². The van der Waals surface area contributed by atoms with Gasteiger partial charge in [0.2, 0.25) is 0 Å². The van der Waals surface area contributed by atoms with E-state index in [1.54, 1.807) is 12.1 Å². The molecule has 4 nitrogen and oxygen atoms in total. The first-order valence-corrected chi connectivity index (χ1v) is 6.61. The molecule has 0 saturated heterocycles. The lowest BCUT2D eigenvalue weighted by Crippen LogP contribution is -2.44. The predicted octanol–water partition coefficient (Wildman–Crippen LogP) is 2.47. The lowest BCUT2D eigenvalue weighted by atomic mass is 9.80. The highest BCUT2D eigenvalue weighted by Gasteiger charge is 2.28. The van der Waals surface area contributed by atoms with Crippen LogP contribution < -0.4 is 5.73 Å². The lowest BCUT2D eigenvalue weighted by Gasteiger charge is -2.32. The summed E-state index contributed by atoms with van der Waals surface area (Å²) in [6.07, 6.45) is 6.69. The van der Waals surface area contributed by atoms with Crippen molar-refractivity contribution >= 4 is 11.0 Å². The SMILES string of the molecule is NC1(Cc2nc3ccc(O)cc3[nH]2)CCCCC1. The summed E-state index contributed by atoms with van der Waals surface area (Å²) in [4.78, 5) is 7.80. The molecule has 0 amide bonds. The maximum atomic E-state index is 9.44. The van der Waals surface area contributed by atoms with Gasteiger partial charge in [-0.15, -0.1) is 0 Å². The van der Waals surface area contributed by atoms with Crippen LogP contribution in [0.25, 0.3) is 11.0 Å². The van der Waals surface area contributed by atoms with E-state index in [2.05, 4.69) is 9.97 Å². The highest BCUT2D eigenvalue weighted by molar-refractivity contribution is 5.76. The summed E-state index contributed by atoms with van der Waals surface area (Å²) < 4.78 is 0. The number of aromatic nitrogens is 2. The summed E-state index contributed by atoms with van der Waals surface area (Å²) in [5.74, 6) is 1.19. The van der Waals surface area contributed by atoms with Crippen molar-refractivity contribution in [2.24, 2.45) is 5.73 Å². The van der Waals surface area contributed by atoms with Crippen LogP contribution in [0.3, 0.4) is 0 Å². The Hall–Kier alpha value is -1.55. The van der Waals surface area contributed by atoms with Gasteiger partial charge in [0.25, 0.3) is 0 Å². The van der Waals surface area contributed by atoms with E-state index in [-0.39, 0.29) is 11.3 Å². The zero-order valence-electron chi connectivity index (χ0n) is 10.4. The number of phenols is 1. The molecule has 1 fully saturated rings. The van der Waals surface area contributed by atoms with Gasteiger partial charge < -0.3 is 15.8 Å². The quantitative estimate of drug-likeness (QED) is 0.760. The normalized spacial score (nSPS) is 19.2. The number of nitrogens with one attached hydrogen (secondary N) is 1. The number of hydrogen-bond donors (Lipinski definition) is 3. The highest BCUT2D eigenvalue weighted by atomic mass is 16.3. The molecule has 0 radical (unpaired) electrons. The second-order valence-electron chi connectivity index (χ2n) is 5.48. The molecule has 2 aromatic rings. The average molecular weight is 245 g/mol. The van der Waals surface area contributed by atoms with Crippen molar-refractivity contribution in [3.8, 4) is 5.75 Å². The Morgan fingerprint density at radius 2 is 2.06 bits per heavy atom. The molecule has 0 bridgehead atoms. The van der Waals surface area contributed by atoms with Gasteiger partial charge in [0.15, 0.2) is 0 Å². The fourth-order valence-electron chi connectivity index (χ4n) is 2.90. The van der Waals surface area contributed by atoms with Crippen LogP contribution in [0.4, 0.5) is 0 Å². The molecule has 1 aromatic carbocycles. The zero-order chi connectivity index (χ0) is 12.6.